The number of benzene rings is 1. The summed E-state index contributed by atoms with van der Waals surface area (Å²) >= 11 is -5.94. The molecule has 1 unspecified atom stereocenters. The average Bonchev–Trinajstić information content (AvgIpc) is 2.79. The van der Waals surface area contributed by atoms with Crippen molar-refractivity contribution in [1.82, 2.24) is 10.2 Å². The minimum atomic E-state index is -5.94. The van der Waals surface area contributed by atoms with E-state index in [0.29, 0.717) is 6.42 Å². The van der Waals surface area contributed by atoms with Crippen LogP contribution in [0.2, 0.25) is 0 Å². The molecule has 1 N–H and O–H groups in total. The Morgan fingerprint density at radius 2 is 1.80 bits per heavy atom. The van der Waals surface area contributed by atoms with Crippen LogP contribution in [0.4, 0.5) is 13.6 Å². The molecule has 194 valence electrons. The predicted molar refractivity (Wildman–Crippen MR) is 107 cm³/mol. The van der Waals surface area contributed by atoms with Gasteiger partial charge in [0.25, 0.3) is 0 Å². The van der Waals surface area contributed by atoms with Gasteiger partial charge in [0.05, 0.1) is 0 Å². The molecule has 0 aliphatic carbocycles. The fourth-order valence-electron chi connectivity index (χ4n) is 3.27. The van der Waals surface area contributed by atoms with E-state index in [1.807, 2.05) is 0 Å². The SMILES string of the molecule is CS(=O)CCN1C[C@H](c2cccc(F)c2F)CC[C@@H](NC(=O)OC(C)(C)C)C1=O.[Na+].[O-][I+3]([O-])([O-])[O-]. The molecule has 15 heteroatoms. The van der Waals surface area contributed by atoms with Gasteiger partial charge in [-0.1, -0.05) is 12.1 Å². The quantitative estimate of drug-likeness (QED) is 0.244. The van der Waals surface area contributed by atoms with E-state index in [2.05, 4.69) is 5.32 Å². The van der Waals surface area contributed by atoms with Gasteiger partial charge >= 0.3 is 35.7 Å². The summed E-state index contributed by atoms with van der Waals surface area (Å²) in [6, 6.07) is 3.14. The number of likely N-dealkylation sites (tertiary alicyclic amines) is 1. The van der Waals surface area contributed by atoms with Gasteiger partial charge in [-0.05, 0) is 45.2 Å². The van der Waals surface area contributed by atoms with Crippen LogP contribution >= 0.6 is 0 Å². The predicted octanol–water partition coefficient (Wildman–Crippen LogP) is -7.81. The Morgan fingerprint density at radius 1 is 1.23 bits per heavy atom. The summed E-state index contributed by atoms with van der Waals surface area (Å²) in [5.41, 5.74) is -0.525. The molecule has 3 atom stereocenters. The Hall–Kier alpha value is -0.460. The summed E-state index contributed by atoms with van der Waals surface area (Å²) < 4.78 is 79.3. The zero-order valence-corrected chi connectivity index (χ0v) is 25.2. The van der Waals surface area contributed by atoms with Crippen molar-refractivity contribution in [2.75, 3.05) is 25.1 Å². The second-order valence-corrected chi connectivity index (χ2v) is 12.3. The zero-order chi connectivity index (χ0) is 26.3. The second-order valence-electron chi connectivity index (χ2n) is 8.56. The smallest absolute Gasteiger partial charge is 0.444 e. The number of hydrogen-bond donors (Lipinski definition) is 1. The number of halogens is 3. The van der Waals surface area contributed by atoms with Gasteiger partial charge in [0.15, 0.2) is 11.6 Å². The first-order valence-corrected chi connectivity index (χ1v) is 15.4. The van der Waals surface area contributed by atoms with Crippen LogP contribution in [-0.2, 0) is 20.3 Å². The van der Waals surface area contributed by atoms with Gasteiger partial charge in [0, 0.05) is 41.8 Å². The number of alkyl carbamates (subject to hydrolysis) is 1. The normalized spacial score (nSPS) is 19.5. The first kappa shape index (κ1) is 34.5. The molecule has 1 aromatic rings. The summed E-state index contributed by atoms with van der Waals surface area (Å²) in [7, 11) is -1.13. The van der Waals surface area contributed by atoms with Gasteiger partial charge in [-0.2, -0.15) is 0 Å². The molecular formula is C20H28F2IN2NaO8S. The fraction of sp³-hybridized carbons (Fsp3) is 0.600. The van der Waals surface area contributed by atoms with Gasteiger partial charge in [0.2, 0.25) is 5.91 Å². The standard InChI is InChI=1S/C20H28F2N2O4S.IO4.Na/c1-20(2,3)28-19(26)23-16-9-8-13(14-6-5-7-15(21)17(14)22)12-24(18(16)25)10-11-29(4)27;2-1(3,4)5;/h5-7,13,16H,8-12H2,1-4H3,(H,23,26);;/q;-1;+1/t13-,16-,29?;;/m1../s1. The van der Waals surface area contributed by atoms with Crippen LogP contribution in [-0.4, -0.2) is 57.9 Å². The molecule has 0 bridgehead atoms. The van der Waals surface area contributed by atoms with Crippen molar-refractivity contribution in [3.8, 4) is 0 Å². The number of carbonyl (C=O) groups is 2. The largest absolute Gasteiger partial charge is 1.00 e. The molecule has 2 amide bonds. The molecule has 1 aliphatic heterocycles. The van der Waals surface area contributed by atoms with E-state index < -0.39 is 66.2 Å². The summed E-state index contributed by atoms with van der Waals surface area (Å²) in [4.78, 5) is 26.6. The summed E-state index contributed by atoms with van der Waals surface area (Å²) in [5.74, 6) is -2.40. The van der Waals surface area contributed by atoms with Crippen molar-refractivity contribution >= 4 is 22.8 Å². The number of nitrogens with zero attached hydrogens (tertiary/aromatic N) is 1. The molecule has 0 aromatic heterocycles. The molecule has 1 aromatic carbocycles. The minimum Gasteiger partial charge on any atom is -0.444 e. The van der Waals surface area contributed by atoms with Crippen LogP contribution in [0.15, 0.2) is 18.2 Å². The monoisotopic (exact) mass is 644 g/mol. The molecule has 1 aliphatic rings. The van der Waals surface area contributed by atoms with Gasteiger partial charge in [-0.3, -0.25) is 22.7 Å². The molecule has 2 rings (SSSR count). The summed E-state index contributed by atoms with van der Waals surface area (Å²) in [6.07, 6.45) is 1.44. The van der Waals surface area contributed by atoms with E-state index in [1.54, 1.807) is 20.8 Å². The third-order valence-electron chi connectivity index (χ3n) is 4.62. The van der Waals surface area contributed by atoms with Gasteiger partial charge < -0.3 is 15.0 Å². The van der Waals surface area contributed by atoms with Crippen LogP contribution in [0.3, 0.4) is 0 Å². The minimum absolute atomic E-state index is 0. The first-order chi connectivity index (χ1) is 15.5. The van der Waals surface area contributed by atoms with Crippen LogP contribution in [0.5, 0.6) is 0 Å². The molecule has 0 saturated carbocycles. The van der Waals surface area contributed by atoms with Crippen molar-refractivity contribution in [3.05, 3.63) is 35.4 Å². The Balaban J connectivity index is 0.00000175. The molecule has 35 heavy (non-hydrogen) atoms. The van der Waals surface area contributed by atoms with Crippen molar-refractivity contribution < 1.29 is 90.7 Å². The fourth-order valence-corrected chi connectivity index (χ4v) is 3.75. The van der Waals surface area contributed by atoms with Gasteiger partial charge in [-0.25, -0.2) is 13.6 Å². The first-order valence-electron chi connectivity index (χ1n) is 10.1. The van der Waals surface area contributed by atoms with E-state index in [1.165, 1.54) is 23.3 Å². The van der Waals surface area contributed by atoms with Crippen LogP contribution < -0.4 is 68.7 Å². The number of amides is 2. The van der Waals surface area contributed by atoms with Crippen molar-refractivity contribution in [1.29, 1.82) is 0 Å². The van der Waals surface area contributed by atoms with E-state index in [0.717, 1.165) is 6.07 Å². The van der Waals surface area contributed by atoms with Crippen LogP contribution in [0, 0.1) is 11.6 Å². The second kappa shape index (κ2) is 15.1. The maximum atomic E-state index is 14.3. The number of carbonyl (C=O) groups excluding carboxylic acids is 2. The Labute approximate surface area is 233 Å². The van der Waals surface area contributed by atoms with E-state index in [9.17, 15) is 22.6 Å². The maximum Gasteiger partial charge on any atom is 1.00 e. The molecule has 0 spiro atoms. The number of nitrogens with one attached hydrogen (secondary N) is 1. The summed E-state index contributed by atoms with van der Waals surface area (Å²) in [6.45, 7) is 5.50. The summed E-state index contributed by atoms with van der Waals surface area (Å²) in [5, 5.41) is 2.58. The number of ether oxygens (including phenoxy) is 1. The third kappa shape index (κ3) is 14.2. The topological polar surface area (TPSA) is 168 Å². The molecule has 10 nitrogen and oxygen atoms in total. The molecular weight excluding hydrogens is 616 g/mol. The molecule has 1 heterocycles. The van der Waals surface area contributed by atoms with Crippen LogP contribution in [0.1, 0.15) is 45.1 Å². The van der Waals surface area contributed by atoms with Crippen LogP contribution in [0.25, 0.3) is 0 Å². The van der Waals surface area contributed by atoms with Crippen molar-refractivity contribution in [2.24, 2.45) is 0 Å². The molecule has 0 radical (unpaired) electrons. The Kier molecular flexibility index (Phi) is 14.9. The number of rotatable bonds is 5. The average molecular weight is 644 g/mol. The van der Waals surface area contributed by atoms with Gasteiger partial charge in [-0.15, -0.1) is 0 Å². The van der Waals surface area contributed by atoms with Crippen molar-refractivity contribution in [2.45, 2.75) is 51.2 Å². The van der Waals surface area contributed by atoms with E-state index >= 15 is 0 Å². The third-order valence-corrected chi connectivity index (χ3v) is 5.37. The molecule has 1 saturated heterocycles. The van der Waals surface area contributed by atoms with Crippen molar-refractivity contribution in [3.63, 3.8) is 0 Å². The van der Waals surface area contributed by atoms with E-state index in [4.69, 9.17) is 18.5 Å². The maximum absolute atomic E-state index is 14.3. The Morgan fingerprint density at radius 3 is 2.31 bits per heavy atom. The molecule has 1 fully saturated rings. The Bertz CT molecular complexity index is 880. The van der Waals surface area contributed by atoms with E-state index in [-0.39, 0.29) is 66.3 Å². The number of hydrogen-bond acceptors (Lipinski definition) is 8. The van der Waals surface area contributed by atoms with Gasteiger partial charge in [0.1, 0.15) is 31.7 Å². The zero-order valence-electron chi connectivity index (χ0n) is 20.2.